The van der Waals surface area contributed by atoms with Crippen molar-refractivity contribution in [2.45, 2.75) is 117 Å². The number of hydrogen-bond acceptors (Lipinski definition) is 3. The maximum absolute atomic E-state index is 11.6. The SMILES string of the molecule is CCCCCCCCCCCCCCCC(=O)OCCSCCCC. The Bertz CT molecular complexity index is 269. The van der Waals surface area contributed by atoms with Crippen molar-refractivity contribution in [1.29, 1.82) is 0 Å². The number of rotatable bonds is 20. The standard InChI is InChI=1S/C22H44O2S/c1-3-5-7-8-9-10-11-12-13-14-15-16-17-18-22(23)24-19-21-25-20-6-4-2/h3-21H2,1-2H3. The summed E-state index contributed by atoms with van der Waals surface area (Å²) in [7, 11) is 0. The Morgan fingerprint density at radius 1 is 0.640 bits per heavy atom. The summed E-state index contributed by atoms with van der Waals surface area (Å²) in [5, 5.41) is 0. The molecule has 0 rings (SSSR count). The van der Waals surface area contributed by atoms with Gasteiger partial charge in [-0.1, -0.05) is 97.3 Å². The molecule has 0 atom stereocenters. The van der Waals surface area contributed by atoms with Gasteiger partial charge in [0.05, 0.1) is 0 Å². The largest absolute Gasteiger partial charge is 0.465 e. The number of carbonyl (C=O) groups excluding carboxylic acids is 1. The lowest BCUT2D eigenvalue weighted by molar-refractivity contribution is -0.143. The second-order valence-corrected chi connectivity index (χ2v) is 8.40. The zero-order valence-corrected chi connectivity index (χ0v) is 18.0. The molecule has 0 saturated heterocycles. The lowest BCUT2D eigenvalue weighted by Gasteiger charge is -2.05. The van der Waals surface area contributed by atoms with Crippen molar-refractivity contribution in [3.8, 4) is 0 Å². The van der Waals surface area contributed by atoms with Crippen molar-refractivity contribution in [3.05, 3.63) is 0 Å². The second kappa shape index (κ2) is 21.9. The van der Waals surface area contributed by atoms with E-state index in [1.807, 2.05) is 11.8 Å². The molecule has 0 spiro atoms. The van der Waals surface area contributed by atoms with Crippen LogP contribution in [0.15, 0.2) is 0 Å². The van der Waals surface area contributed by atoms with Crippen molar-refractivity contribution < 1.29 is 9.53 Å². The summed E-state index contributed by atoms with van der Waals surface area (Å²) in [6, 6.07) is 0. The lowest BCUT2D eigenvalue weighted by Crippen LogP contribution is -2.07. The fraction of sp³-hybridized carbons (Fsp3) is 0.955. The normalized spacial score (nSPS) is 11.0. The number of esters is 1. The van der Waals surface area contributed by atoms with Gasteiger partial charge < -0.3 is 4.74 Å². The van der Waals surface area contributed by atoms with Gasteiger partial charge in [-0.05, 0) is 18.6 Å². The van der Waals surface area contributed by atoms with Crippen LogP contribution in [0.3, 0.4) is 0 Å². The third-order valence-corrected chi connectivity index (χ3v) is 5.65. The molecule has 0 unspecified atom stereocenters. The van der Waals surface area contributed by atoms with Crippen LogP contribution >= 0.6 is 11.8 Å². The fourth-order valence-corrected chi connectivity index (χ4v) is 3.82. The van der Waals surface area contributed by atoms with E-state index in [0.717, 1.165) is 12.2 Å². The van der Waals surface area contributed by atoms with Gasteiger partial charge in [0.2, 0.25) is 0 Å². The molecule has 150 valence electrons. The first-order valence-corrected chi connectivity index (χ1v) is 12.2. The van der Waals surface area contributed by atoms with Gasteiger partial charge in [-0.2, -0.15) is 11.8 Å². The summed E-state index contributed by atoms with van der Waals surface area (Å²) in [5.74, 6) is 2.14. The van der Waals surface area contributed by atoms with Crippen molar-refractivity contribution >= 4 is 17.7 Å². The van der Waals surface area contributed by atoms with E-state index in [-0.39, 0.29) is 5.97 Å². The summed E-state index contributed by atoms with van der Waals surface area (Å²) >= 11 is 1.89. The zero-order chi connectivity index (χ0) is 18.4. The van der Waals surface area contributed by atoms with Crippen LogP contribution in [0.25, 0.3) is 0 Å². The molecule has 0 amide bonds. The molecule has 0 aliphatic heterocycles. The van der Waals surface area contributed by atoms with Gasteiger partial charge in [-0.3, -0.25) is 4.79 Å². The van der Waals surface area contributed by atoms with Gasteiger partial charge in [-0.25, -0.2) is 0 Å². The molecule has 0 heterocycles. The van der Waals surface area contributed by atoms with E-state index in [1.165, 1.54) is 95.6 Å². The number of hydrogen-bond donors (Lipinski definition) is 0. The minimum absolute atomic E-state index is 0.000774. The van der Waals surface area contributed by atoms with Gasteiger partial charge in [-0.15, -0.1) is 0 Å². The topological polar surface area (TPSA) is 26.3 Å². The molecule has 0 aromatic carbocycles. The molecule has 0 aliphatic carbocycles. The van der Waals surface area contributed by atoms with E-state index < -0.39 is 0 Å². The second-order valence-electron chi connectivity index (χ2n) is 7.18. The van der Waals surface area contributed by atoms with Crippen molar-refractivity contribution in [2.75, 3.05) is 18.1 Å². The minimum atomic E-state index is -0.000774. The molecule has 0 aliphatic rings. The highest BCUT2D eigenvalue weighted by molar-refractivity contribution is 7.99. The Morgan fingerprint density at radius 3 is 1.64 bits per heavy atom. The molecule has 0 aromatic rings. The average Bonchev–Trinajstić information content (AvgIpc) is 2.62. The number of ether oxygens (including phenoxy) is 1. The van der Waals surface area contributed by atoms with Gasteiger partial charge >= 0.3 is 5.97 Å². The highest BCUT2D eigenvalue weighted by atomic mass is 32.2. The quantitative estimate of drug-likeness (QED) is 0.163. The Hall–Kier alpha value is -0.180. The van der Waals surface area contributed by atoms with Crippen LogP contribution in [0.4, 0.5) is 0 Å². The maximum atomic E-state index is 11.6. The van der Waals surface area contributed by atoms with E-state index in [4.69, 9.17) is 4.74 Å². The third kappa shape index (κ3) is 21.8. The summed E-state index contributed by atoms with van der Waals surface area (Å²) in [6.07, 6.45) is 20.5. The van der Waals surface area contributed by atoms with Crippen LogP contribution in [0, 0.1) is 0 Å². The van der Waals surface area contributed by atoms with E-state index in [2.05, 4.69) is 13.8 Å². The smallest absolute Gasteiger partial charge is 0.305 e. The molecule has 0 fully saturated rings. The zero-order valence-electron chi connectivity index (χ0n) is 17.2. The molecule has 2 nitrogen and oxygen atoms in total. The summed E-state index contributed by atoms with van der Waals surface area (Å²) < 4.78 is 5.27. The predicted octanol–water partition coefficient (Wildman–Crippen LogP) is 7.54. The van der Waals surface area contributed by atoms with Crippen molar-refractivity contribution in [3.63, 3.8) is 0 Å². The van der Waals surface area contributed by atoms with Gasteiger partial charge in [0.25, 0.3) is 0 Å². The minimum Gasteiger partial charge on any atom is -0.465 e. The van der Waals surface area contributed by atoms with E-state index in [0.29, 0.717) is 13.0 Å². The Kier molecular flexibility index (Phi) is 21.7. The van der Waals surface area contributed by atoms with E-state index in [9.17, 15) is 4.79 Å². The maximum Gasteiger partial charge on any atom is 0.305 e. The number of carbonyl (C=O) groups is 1. The number of unbranched alkanes of at least 4 members (excludes halogenated alkanes) is 13. The first-order valence-electron chi connectivity index (χ1n) is 11.0. The average molecular weight is 373 g/mol. The lowest BCUT2D eigenvalue weighted by atomic mass is 10.0. The highest BCUT2D eigenvalue weighted by Crippen LogP contribution is 2.13. The van der Waals surface area contributed by atoms with Crippen LogP contribution in [-0.2, 0) is 9.53 Å². The fourth-order valence-electron chi connectivity index (χ4n) is 2.92. The number of thioether (sulfide) groups is 1. The first kappa shape index (κ1) is 24.8. The highest BCUT2D eigenvalue weighted by Gasteiger charge is 2.02. The van der Waals surface area contributed by atoms with E-state index in [1.54, 1.807) is 0 Å². The third-order valence-electron chi connectivity index (χ3n) is 4.62. The Morgan fingerprint density at radius 2 is 1.12 bits per heavy atom. The molecule has 0 saturated carbocycles. The molecular weight excluding hydrogens is 328 g/mol. The molecule has 0 N–H and O–H groups in total. The van der Waals surface area contributed by atoms with Crippen LogP contribution in [0.1, 0.15) is 117 Å². The molecule has 25 heavy (non-hydrogen) atoms. The molecule has 0 bridgehead atoms. The summed E-state index contributed by atoms with van der Waals surface area (Å²) in [4.78, 5) is 11.6. The Balaban J connectivity index is 3.11. The van der Waals surface area contributed by atoms with Crippen LogP contribution in [0.2, 0.25) is 0 Å². The summed E-state index contributed by atoms with van der Waals surface area (Å²) in [6.45, 7) is 5.07. The monoisotopic (exact) mass is 372 g/mol. The van der Waals surface area contributed by atoms with Gasteiger partial charge in [0, 0.05) is 12.2 Å². The summed E-state index contributed by atoms with van der Waals surface area (Å²) in [5.41, 5.74) is 0. The van der Waals surface area contributed by atoms with Crippen molar-refractivity contribution in [1.82, 2.24) is 0 Å². The van der Waals surface area contributed by atoms with Crippen LogP contribution in [0.5, 0.6) is 0 Å². The van der Waals surface area contributed by atoms with E-state index >= 15 is 0 Å². The molecular formula is C22H44O2S. The van der Waals surface area contributed by atoms with Gasteiger partial charge in [0.1, 0.15) is 6.61 Å². The predicted molar refractivity (Wildman–Crippen MR) is 114 cm³/mol. The molecule has 0 aromatic heterocycles. The van der Waals surface area contributed by atoms with Crippen molar-refractivity contribution in [2.24, 2.45) is 0 Å². The van der Waals surface area contributed by atoms with Crippen LogP contribution < -0.4 is 0 Å². The van der Waals surface area contributed by atoms with Gasteiger partial charge in [0.15, 0.2) is 0 Å². The molecule has 0 radical (unpaired) electrons. The first-order chi connectivity index (χ1) is 12.3. The molecule has 3 heteroatoms. The van der Waals surface area contributed by atoms with Crippen LogP contribution in [-0.4, -0.2) is 24.1 Å². The Labute approximate surface area is 162 Å².